The van der Waals surface area contributed by atoms with Crippen molar-refractivity contribution in [3.63, 3.8) is 0 Å². The molecule has 2 rings (SSSR count). The minimum Gasteiger partial charge on any atom is -0.339 e. The van der Waals surface area contributed by atoms with Gasteiger partial charge in [-0.25, -0.2) is 8.78 Å². The van der Waals surface area contributed by atoms with Crippen molar-refractivity contribution in [2.75, 3.05) is 0 Å². The van der Waals surface area contributed by atoms with Gasteiger partial charge >= 0.3 is 0 Å². The molecule has 0 atom stereocenters. The zero-order valence-corrected chi connectivity index (χ0v) is 8.70. The summed E-state index contributed by atoms with van der Waals surface area (Å²) in [6.45, 7) is 1.73. The lowest BCUT2D eigenvalue weighted by Crippen LogP contribution is -2.42. The summed E-state index contributed by atoms with van der Waals surface area (Å²) in [5.41, 5.74) is -0.590. The van der Waals surface area contributed by atoms with Gasteiger partial charge in [0.2, 0.25) is 0 Å². The van der Waals surface area contributed by atoms with Crippen LogP contribution in [0.5, 0.6) is 0 Å². The molecule has 0 bridgehead atoms. The van der Waals surface area contributed by atoms with Gasteiger partial charge in [0.15, 0.2) is 5.69 Å². The summed E-state index contributed by atoms with van der Waals surface area (Å²) < 4.78 is 25.1. The highest BCUT2D eigenvalue weighted by Crippen LogP contribution is 2.41. The van der Waals surface area contributed by atoms with E-state index in [2.05, 4.69) is 15.5 Å². The normalized spacial score (nSPS) is 17.2. The molecule has 0 aromatic carbocycles. The number of hydrogen-bond donors (Lipinski definition) is 1. The molecule has 0 aliphatic heterocycles. The van der Waals surface area contributed by atoms with Crippen molar-refractivity contribution in [3.8, 4) is 0 Å². The highest BCUT2D eigenvalue weighted by atomic mass is 19.3. The van der Waals surface area contributed by atoms with E-state index in [9.17, 15) is 13.6 Å². The van der Waals surface area contributed by atoms with Crippen LogP contribution in [0.4, 0.5) is 8.78 Å². The predicted molar refractivity (Wildman–Crippen MR) is 52.2 cm³/mol. The number of carbonyl (C=O) groups is 1. The third kappa shape index (κ3) is 2.00. The Morgan fingerprint density at radius 1 is 1.44 bits per heavy atom. The molecule has 1 aliphatic rings. The van der Waals surface area contributed by atoms with Crippen LogP contribution in [0.15, 0.2) is 12.1 Å². The van der Waals surface area contributed by atoms with Crippen molar-refractivity contribution in [2.24, 2.45) is 0 Å². The number of aromatic nitrogens is 2. The molecule has 1 saturated carbocycles. The lowest BCUT2D eigenvalue weighted by Gasteiger charge is -2.15. The van der Waals surface area contributed by atoms with Gasteiger partial charge in [-0.3, -0.25) is 4.79 Å². The topological polar surface area (TPSA) is 54.9 Å². The monoisotopic (exact) mass is 227 g/mol. The molecule has 1 amide bonds. The number of nitrogens with zero attached hydrogens (tertiary/aromatic N) is 2. The molecule has 1 fully saturated rings. The number of aryl methyl sites for hydroxylation is 1. The van der Waals surface area contributed by atoms with E-state index in [4.69, 9.17) is 0 Å². The zero-order chi connectivity index (χ0) is 11.8. The van der Waals surface area contributed by atoms with E-state index in [1.807, 2.05) is 0 Å². The number of carbonyl (C=O) groups excluding carboxylic acids is 1. The first kappa shape index (κ1) is 10.9. The number of rotatable bonds is 3. The maximum atomic E-state index is 12.6. The third-order valence-corrected chi connectivity index (χ3v) is 2.60. The van der Waals surface area contributed by atoms with E-state index in [0.717, 1.165) is 0 Å². The average Bonchev–Trinajstić information content (AvgIpc) is 3.00. The highest BCUT2D eigenvalue weighted by Gasteiger charge is 2.52. The minimum atomic E-state index is -2.53. The Morgan fingerprint density at radius 2 is 2.12 bits per heavy atom. The molecule has 1 aromatic rings. The van der Waals surface area contributed by atoms with Crippen LogP contribution in [-0.2, 0) is 0 Å². The maximum Gasteiger partial charge on any atom is 0.272 e. The van der Waals surface area contributed by atoms with E-state index >= 15 is 0 Å². The van der Waals surface area contributed by atoms with Crippen LogP contribution in [0.25, 0.3) is 0 Å². The fraction of sp³-hybridized carbons (Fsp3) is 0.500. The molecule has 0 spiro atoms. The van der Waals surface area contributed by atoms with Gasteiger partial charge in [0, 0.05) is 0 Å². The van der Waals surface area contributed by atoms with Crippen molar-refractivity contribution in [2.45, 2.75) is 31.7 Å². The Morgan fingerprint density at radius 3 is 2.56 bits per heavy atom. The molecular formula is C10H11F2N3O. The SMILES string of the molecule is Cc1ccc(C(=O)NC2(C(F)F)CC2)nn1. The van der Waals surface area contributed by atoms with Gasteiger partial charge in [0.1, 0.15) is 5.54 Å². The summed E-state index contributed by atoms with van der Waals surface area (Å²) in [4.78, 5) is 11.6. The Labute approximate surface area is 91.1 Å². The van der Waals surface area contributed by atoms with Gasteiger partial charge in [-0.05, 0) is 31.9 Å². The Bertz CT molecular complexity index is 401. The van der Waals surface area contributed by atoms with E-state index in [-0.39, 0.29) is 5.69 Å². The molecule has 6 heteroatoms. The van der Waals surface area contributed by atoms with Crippen molar-refractivity contribution in [3.05, 3.63) is 23.5 Å². The second-order valence-electron chi connectivity index (χ2n) is 3.97. The molecule has 0 unspecified atom stereocenters. The van der Waals surface area contributed by atoms with Crippen LogP contribution in [0, 0.1) is 6.92 Å². The number of halogens is 2. The predicted octanol–water partition coefficient (Wildman–Crippen LogP) is 1.31. The zero-order valence-electron chi connectivity index (χ0n) is 8.70. The number of nitrogens with one attached hydrogen (secondary N) is 1. The van der Waals surface area contributed by atoms with Crippen LogP contribution in [0.3, 0.4) is 0 Å². The van der Waals surface area contributed by atoms with E-state index < -0.39 is 17.9 Å². The van der Waals surface area contributed by atoms with Crippen LogP contribution in [0.1, 0.15) is 29.0 Å². The fourth-order valence-corrected chi connectivity index (χ4v) is 1.34. The molecular weight excluding hydrogens is 216 g/mol. The van der Waals surface area contributed by atoms with Crippen LogP contribution in [-0.4, -0.2) is 28.1 Å². The summed E-state index contributed by atoms with van der Waals surface area (Å²) >= 11 is 0. The molecule has 1 N–H and O–H groups in total. The Hall–Kier alpha value is -1.59. The fourth-order valence-electron chi connectivity index (χ4n) is 1.34. The molecule has 0 saturated heterocycles. The van der Waals surface area contributed by atoms with Gasteiger partial charge < -0.3 is 5.32 Å². The molecule has 1 heterocycles. The van der Waals surface area contributed by atoms with Crippen molar-refractivity contribution in [1.29, 1.82) is 0 Å². The van der Waals surface area contributed by atoms with Crippen molar-refractivity contribution < 1.29 is 13.6 Å². The first-order chi connectivity index (χ1) is 7.53. The number of hydrogen-bond acceptors (Lipinski definition) is 3. The average molecular weight is 227 g/mol. The van der Waals surface area contributed by atoms with Crippen molar-refractivity contribution in [1.82, 2.24) is 15.5 Å². The molecule has 16 heavy (non-hydrogen) atoms. The smallest absolute Gasteiger partial charge is 0.272 e. The lowest BCUT2D eigenvalue weighted by atomic mass is 10.2. The first-order valence-corrected chi connectivity index (χ1v) is 4.94. The summed E-state index contributed by atoms with van der Waals surface area (Å²) in [7, 11) is 0. The van der Waals surface area contributed by atoms with E-state index in [0.29, 0.717) is 18.5 Å². The van der Waals surface area contributed by atoms with Gasteiger partial charge in [-0.2, -0.15) is 5.10 Å². The Kier molecular flexibility index (Phi) is 2.57. The molecule has 86 valence electrons. The number of alkyl halides is 2. The van der Waals surface area contributed by atoms with Gasteiger partial charge in [0.25, 0.3) is 12.3 Å². The lowest BCUT2D eigenvalue weighted by molar-refractivity contribution is 0.0676. The second-order valence-corrected chi connectivity index (χ2v) is 3.97. The van der Waals surface area contributed by atoms with Crippen LogP contribution in [0.2, 0.25) is 0 Å². The van der Waals surface area contributed by atoms with Crippen LogP contribution < -0.4 is 5.32 Å². The standard InChI is InChI=1S/C10H11F2N3O/c1-6-2-3-7(15-14-6)8(16)13-10(4-5-10)9(11)12/h2-3,9H,4-5H2,1H3,(H,13,16). The summed E-state index contributed by atoms with van der Waals surface area (Å²) in [6, 6.07) is 3.09. The minimum absolute atomic E-state index is 0.0672. The quantitative estimate of drug-likeness (QED) is 0.847. The number of amides is 1. The molecule has 1 aliphatic carbocycles. The summed E-state index contributed by atoms with van der Waals surface area (Å²) in [5, 5.41) is 9.65. The van der Waals surface area contributed by atoms with E-state index in [1.165, 1.54) is 6.07 Å². The van der Waals surface area contributed by atoms with E-state index in [1.54, 1.807) is 13.0 Å². The van der Waals surface area contributed by atoms with Gasteiger partial charge in [-0.15, -0.1) is 5.10 Å². The van der Waals surface area contributed by atoms with Crippen LogP contribution >= 0.6 is 0 Å². The summed E-state index contributed by atoms with van der Waals surface area (Å²) in [5.74, 6) is -0.592. The largest absolute Gasteiger partial charge is 0.339 e. The van der Waals surface area contributed by atoms with Gasteiger partial charge in [0.05, 0.1) is 5.69 Å². The first-order valence-electron chi connectivity index (χ1n) is 4.94. The van der Waals surface area contributed by atoms with Gasteiger partial charge in [-0.1, -0.05) is 0 Å². The maximum absolute atomic E-state index is 12.6. The molecule has 0 radical (unpaired) electrons. The molecule has 1 aromatic heterocycles. The third-order valence-electron chi connectivity index (χ3n) is 2.60. The second kappa shape index (κ2) is 3.77. The Balaban J connectivity index is 2.06. The highest BCUT2D eigenvalue weighted by molar-refractivity contribution is 5.92. The summed E-state index contributed by atoms with van der Waals surface area (Å²) in [6.07, 6.45) is -1.90. The van der Waals surface area contributed by atoms with Crippen molar-refractivity contribution >= 4 is 5.91 Å². The molecule has 4 nitrogen and oxygen atoms in total.